The summed E-state index contributed by atoms with van der Waals surface area (Å²) in [6, 6.07) is 0.834. The minimum Gasteiger partial charge on any atom is -0.355 e. The van der Waals surface area contributed by atoms with Crippen molar-refractivity contribution in [3.63, 3.8) is 0 Å². The molecule has 2 atom stereocenters. The Balaban J connectivity index is 0.00000364. The molecule has 0 aliphatic carbocycles. The molecule has 0 aromatic carbocycles. The number of amides is 1. The van der Waals surface area contributed by atoms with Crippen molar-refractivity contribution in [1.29, 1.82) is 0 Å². The summed E-state index contributed by atoms with van der Waals surface area (Å²) >= 11 is 0. The summed E-state index contributed by atoms with van der Waals surface area (Å²) in [7, 11) is 1.83. The predicted molar refractivity (Wildman–Crippen MR) is 124 cm³/mol. The van der Waals surface area contributed by atoms with Gasteiger partial charge in [-0.1, -0.05) is 33.6 Å². The van der Waals surface area contributed by atoms with Crippen LogP contribution in [0.3, 0.4) is 0 Å². The molecule has 0 saturated carbocycles. The van der Waals surface area contributed by atoms with E-state index in [-0.39, 0.29) is 29.9 Å². The molecule has 0 bridgehead atoms. The van der Waals surface area contributed by atoms with Gasteiger partial charge in [0.2, 0.25) is 5.91 Å². The van der Waals surface area contributed by atoms with Crippen LogP contribution >= 0.6 is 24.0 Å². The minimum absolute atomic E-state index is 0. The first kappa shape index (κ1) is 24.5. The lowest BCUT2D eigenvalue weighted by atomic mass is 10.0. The van der Waals surface area contributed by atoms with E-state index in [2.05, 4.69) is 34.4 Å². The maximum Gasteiger partial charge on any atom is 0.222 e. The van der Waals surface area contributed by atoms with Gasteiger partial charge in [0.25, 0.3) is 0 Å². The second kappa shape index (κ2) is 12.8. The molecular weight excluding hydrogens is 453 g/mol. The van der Waals surface area contributed by atoms with Gasteiger partial charge in [-0.25, -0.2) is 0 Å². The smallest absolute Gasteiger partial charge is 0.222 e. The standard InChI is InChI=1S/C20H39N5O.HI/c1-5-19(26)25-13-10-17(15-25)23-20(21-4)22-14-18(16(2)3)24-11-8-6-7-9-12-24;/h16-18H,5-15H2,1-4H3,(H2,21,22,23);1H. The van der Waals surface area contributed by atoms with E-state index in [9.17, 15) is 4.79 Å². The molecular formula is C20H40IN5O. The summed E-state index contributed by atoms with van der Waals surface area (Å²) in [5.41, 5.74) is 0. The highest BCUT2D eigenvalue weighted by Crippen LogP contribution is 2.17. The van der Waals surface area contributed by atoms with Crippen molar-refractivity contribution in [2.75, 3.05) is 39.8 Å². The fourth-order valence-electron chi connectivity index (χ4n) is 4.13. The molecule has 7 heteroatoms. The second-order valence-corrected chi connectivity index (χ2v) is 8.04. The SMILES string of the molecule is CCC(=O)N1CCC(NC(=NC)NCC(C(C)C)N2CCCCCC2)C1.I. The highest BCUT2D eigenvalue weighted by atomic mass is 127. The molecule has 2 aliphatic heterocycles. The fourth-order valence-corrected chi connectivity index (χ4v) is 4.13. The quantitative estimate of drug-likeness (QED) is 0.340. The van der Waals surface area contributed by atoms with E-state index >= 15 is 0 Å². The van der Waals surface area contributed by atoms with E-state index in [0.717, 1.165) is 32.0 Å². The molecule has 158 valence electrons. The topological polar surface area (TPSA) is 60.0 Å². The van der Waals surface area contributed by atoms with Crippen LogP contribution < -0.4 is 10.6 Å². The Morgan fingerprint density at radius 1 is 1.15 bits per heavy atom. The highest BCUT2D eigenvalue weighted by Gasteiger charge is 2.27. The number of carbonyl (C=O) groups excluding carboxylic acids is 1. The molecule has 6 nitrogen and oxygen atoms in total. The number of guanidine groups is 1. The largest absolute Gasteiger partial charge is 0.355 e. The maximum absolute atomic E-state index is 11.9. The van der Waals surface area contributed by atoms with Crippen LogP contribution in [0.4, 0.5) is 0 Å². The van der Waals surface area contributed by atoms with Crippen LogP contribution in [0.1, 0.15) is 59.3 Å². The molecule has 2 saturated heterocycles. The first-order valence-electron chi connectivity index (χ1n) is 10.5. The lowest BCUT2D eigenvalue weighted by Crippen LogP contribution is -2.51. The summed E-state index contributed by atoms with van der Waals surface area (Å²) in [5.74, 6) is 1.72. The van der Waals surface area contributed by atoms with E-state index in [0.29, 0.717) is 24.4 Å². The van der Waals surface area contributed by atoms with E-state index < -0.39 is 0 Å². The summed E-state index contributed by atoms with van der Waals surface area (Å²) in [5, 5.41) is 7.06. The average Bonchev–Trinajstić information content (AvgIpc) is 2.94. The molecule has 27 heavy (non-hydrogen) atoms. The monoisotopic (exact) mass is 493 g/mol. The van der Waals surface area contributed by atoms with Crippen LogP contribution in [0.15, 0.2) is 4.99 Å². The fraction of sp³-hybridized carbons (Fsp3) is 0.900. The Labute approximate surface area is 182 Å². The summed E-state index contributed by atoms with van der Waals surface area (Å²) in [6.45, 7) is 11.6. The number of carbonyl (C=O) groups is 1. The predicted octanol–water partition coefficient (Wildman–Crippen LogP) is 2.68. The van der Waals surface area contributed by atoms with Crippen molar-refractivity contribution >= 4 is 35.8 Å². The van der Waals surface area contributed by atoms with Crippen LogP contribution in [-0.2, 0) is 4.79 Å². The Morgan fingerprint density at radius 3 is 2.37 bits per heavy atom. The van der Waals surface area contributed by atoms with Gasteiger partial charge in [0.15, 0.2) is 5.96 Å². The van der Waals surface area contributed by atoms with Crippen molar-refractivity contribution < 1.29 is 4.79 Å². The molecule has 2 aliphatic rings. The molecule has 2 fully saturated rings. The van der Waals surface area contributed by atoms with E-state index in [1.807, 2.05) is 18.9 Å². The Hall–Kier alpha value is -0.570. The highest BCUT2D eigenvalue weighted by molar-refractivity contribution is 14.0. The van der Waals surface area contributed by atoms with Crippen molar-refractivity contribution in [1.82, 2.24) is 20.4 Å². The van der Waals surface area contributed by atoms with Crippen molar-refractivity contribution in [2.45, 2.75) is 71.4 Å². The molecule has 2 rings (SSSR count). The van der Waals surface area contributed by atoms with Crippen LogP contribution in [0.25, 0.3) is 0 Å². The van der Waals surface area contributed by atoms with Gasteiger partial charge < -0.3 is 15.5 Å². The number of rotatable bonds is 6. The summed E-state index contributed by atoms with van der Waals surface area (Å²) in [6.07, 6.45) is 6.95. The van der Waals surface area contributed by atoms with E-state index in [1.165, 1.54) is 38.8 Å². The zero-order valence-electron chi connectivity index (χ0n) is 17.7. The molecule has 0 spiro atoms. The number of nitrogens with zero attached hydrogens (tertiary/aromatic N) is 3. The molecule has 0 aromatic rings. The number of nitrogens with one attached hydrogen (secondary N) is 2. The van der Waals surface area contributed by atoms with Crippen LogP contribution in [0.2, 0.25) is 0 Å². The minimum atomic E-state index is 0. The number of likely N-dealkylation sites (tertiary alicyclic amines) is 2. The number of halogens is 1. The number of hydrogen-bond donors (Lipinski definition) is 2. The summed E-state index contributed by atoms with van der Waals surface area (Å²) in [4.78, 5) is 20.9. The third-order valence-corrected chi connectivity index (χ3v) is 5.77. The van der Waals surface area contributed by atoms with Gasteiger partial charge in [-0.15, -0.1) is 24.0 Å². The molecule has 0 radical (unpaired) electrons. The number of hydrogen-bond acceptors (Lipinski definition) is 3. The van der Waals surface area contributed by atoms with Gasteiger partial charge in [0.05, 0.1) is 0 Å². The van der Waals surface area contributed by atoms with Gasteiger partial charge in [0, 0.05) is 45.2 Å². The van der Waals surface area contributed by atoms with Crippen LogP contribution in [0, 0.1) is 5.92 Å². The third kappa shape index (κ3) is 7.75. The zero-order chi connectivity index (χ0) is 18.9. The lowest BCUT2D eigenvalue weighted by Gasteiger charge is -2.34. The molecule has 0 aromatic heterocycles. The Bertz CT molecular complexity index is 463. The van der Waals surface area contributed by atoms with Gasteiger partial charge in [-0.3, -0.25) is 14.7 Å². The lowest BCUT2D eigenvalue weighted by molar-refractivity contribution is -0.129. The second-order valence-electron chi connectivity index (χ2n) is 8.04. The Kier molecular flexibility index (Phi) is 11.6. The van der Waals surface area contributed by atoms with Gasteiger partial charge in [-0.2, -0.15) is 0 Å². The van der Waals surface area contributed by atoms with Gasteiger partial charge >= 0.3 is 0 Å². The van der Waals surface area contributed by atoms with Crippen LogP contribution in [-0.4, -0.2) is 73.5 Å². The molecule has 2 N–H and O–H groups in total. The Morgan fingerprint density at radius 2 is 1.81 bits per heavy atom. The van der Waals surface area contributed by atoms with Crippen molar-refractivity contribution in [3.8, 4) is 0 Å². The van der Waals surface area contributed by atoms with Crippen molar-refractivity contribution in [3.05, 3.63) is 0 Å². The first-order chi connectivity index (χ1) is 12.5. The van der Waals surface area contributed by atoms with Gasteiger partial charge in [0.1, 0.15) is 0 Å². The third-order valence-electron chi connectivity index (χ3n) is 5.77. The van der Waals surface area contributed by atoms with Crippen molar-refractivity contribution in [2.24, 2.45) is 10.9 Å². The van der Waals surface area contributed by atoms with E-state index in [4.69, 9.17) is 0 Å². The molecule has 2 heterocycles. The maximum atomic E-state index is 11.9. The zero-order valence-corrected chi connectivity index (χ0v) is 20.0. The van der Waals surface area contributed by atoms with Crippen LogP contribution in [0.5, 0.6) is 0 Å². The molecule has 1 amide bonds. The number of aliphatic imine (C=N–C) groups is 1. The normalized spacial score (nSPS) is 22.9. The first-order valence-corrected chi connectivity index (χ1v) is 10.5. The summed E-state index contributed by atoms with van der Waals surface area (Å²) < 4.78 is 0. The average molecular weight is 493 g/mol. The molecule has 2 unspecified atom stereocenters. The van der Waals surface area contributed by atoms with Gasteiger partial charge in [-0.05, 0) is 38.3 Å². The van der Waals surface area contributed by atoms with E-state index in [1.54, 1.807) is 0 Å².